The summed E-state index contributed by atoms with van der Waals surface area (Å²) < 4.78 is 1.56. The van der Waals surface area contributed by atoms with Crippen molar-refractivity contribution < 1.29 is 0 Å². The number of halogens is 1. The molecule has 2 aromatic heterocycles. The van der Waals surface area contributed by atoms with E-state index in [4.69, 9.17) is 16.9 Å². The molecule has 1 aromatic carbocycles. The van der Waals surface area contributed by atoms with Crippen LogP contribution in [-0.4, -0.2) is 15.3 Å². The van der Waals surface area contributed by atoms with Crippen molar-refractivity contribution in [2.24, 2.45) is 0 Å². The molecule has 0 atom stereocenters. The summed E-state index contributed by atoms with van der Waals surface area (Å²) in [5.41, 5.74) is 1.54. The van der Waals surface area contributed by atoms with E-state index in [2.05, 4.69) is 11.1 Å². The summed E-state index contributed by atoms with van der Waals surface area (Å²) in [4.78, 5) is 19.4. The number of thiophene rings is 1. The number of nitriles is 1. The van der Waals surface area contributed by atoms with Gasteiger partial charge in [0.05, 0.1) is 22.9 Å². The third-order valence-electron chi connectivity index (χ3n) is 3.52. The van der Waals surface area contributed by atoms with Crippen molar-refractivity contribution in [3.05, 3.63) is 50.1 Å². The van der Waals surface area contributed by atoms with Crippen LogP contribution >= 0.6 is 34.7 Å². The lowest BCUT2D eigenvalue weighted by Gasteiger charge is -2.11. The SMILES string of the molecule is Cc1sc2nc(SCC#N)n(-c3ccc(Cl)cc3)c(=O)c2c1C. The van der Waals surface area contributed by atoms with E-state index in [1.54, 1.807) is 28.8 Å². The first-order valence-electron chi connectivity index (χ1n) is 6.81. The second-order valence-electron chi connectivity index (χ2n) is 4.92. The van der Waals surface area contributed by atoms with Crippen LogP contribution in [0.25, 0.3) is 15.9 Å². The van der Waals surface area contributed by atoms with Crippen molar-refractivity contribution in [2.45, 2.75) is 19.0 Å². The summed E-state index contributed by atoms with van der Waals surface area (Å²) in [6.07, 6.45) is 0. The molecule has 7 heteroatoms. The van der Waals surface area contributed by atoms with Crippen molar-refractivity contribution in [3.63, 3.8) is 0 Å². The zero-order valence-electron chi connectivity index (χ0n) is 12.5. The first-order valence-corrected chi connectivity index (χ1v) is 8.99. The van der Waals surface area contributed by atoms with Crippen molar-refractivity contribution >= 4 is 44.9 Å². The summed E-state index contributed by atoms with van der Waals surface area (Å²) in [6.45, 7) is 3.92. The van der Waals surface area contributed by atoms with Crippen LogP contribution in [0.4, 0.5) is 0 Å². The first kappa shape index (κ1) is 16.1. The topological polar surface area (TPSA) is 58.7 Å². The first-order chi connectivity index (χ1) is 11.0. The van der Waals surface area contributed by atoms with Crippen LogP contribution < -0.4 is 5.56 Å². The van der Waals surface area contributed by atoms with E-state index in [0.29, 0.717) is 21.3 Å². The van der Waals surface area contributed by atoms with Gasteiger partial charge in [-0.05, 0) is 43.7 Å². The minimum absolute atomic E-state index is 0.111. The van der Waals surface area contributed by atoms with Gasteiger partial charge in [-0.25, -0.2) is 4.98 Å². The Labute approximate surface area is 146 Å². The average Bonchev–Trinajstić information content (AvgIpc) is 2.81. The third-order valence-corrected chi connectivity index (χ3v) is 5.68. The summed E-state index contributed by atoms with van der Waals surface area (Å²) in [5.74, 6) is 0.231. The minimum atomic E-state index is -0.111. The Morgan fingerprint density at radius 1 is 1.35 bits per heavy atom. The van der Waals surface area contributed by atoms with Crippen LogP contribution in [-0.2, 0) is 0 Å². The van der Waals surface area contributed by atoms with Crippen LogP contribution in [0.2, 0.25) is 5.02 Å². The van der Waals surface area contributed by atoms with E-state index in [9.17, 15) is 4.79 Å². The molecule has 0 amide bonds. The molecule has 0 radical (unpaired) electrons. The van der Waals surface area contributed by atoms with Gasteiger partial charge < -0.3 is 0 Å². The van der Waals surface area contributed by atoms with Gasteiger partial charge in [0, 0.05) is 9.90 Å². The minimum Gasteiger partial charge on any atom is -0.268 e. The molecule has 4 nitrogen and oxygen atoms in total. The number of aryl methyl sites for hydroxylation is 2. The maximum absolute atomic E-state index is 13.0. The predicted molar refractivity (Wildman–Crippen MR) is 96.0 cm³/mol. The summed E-state index contributed by atoms with van der Waals surface area (Å²) in [6, 6.07) is 9.11. The highest BCUT2D eigenvalue weighted by Gasteiger charge is 2.17. The van der Waals surface area contributed by atoms with Gasteiger partial charge in [-0.15, -0.1) is 11.3 Å². The van der Waals surface area contributed by atoms with Gasteiger partial charge in [0.25, 0.3) is 5.56 Å². The van der Waals surface area contributed by atoms with E-state index >= 15 is 0 Å². The lowest BCUT2D eigenvalue weighted by Crippen LogP contribution is -2.21. The highest BCUT2D eigenvalue weighted by molar-refractivity contribution is 7.99. The molecule has 0 fully saturated rings. The van der Waals surface area contributed by atoms with E-state index in [1.807, 2.05) is 13.8 Å². The Hall–Kier alpha value is -1.81. The van der Waals surface area contributed by atoms with Crippen LogP contribution in [0, 0.1) is 25.2 Å². The zero-order chi connectivity index (χ0) is 16.6. The fourth-order valence-electron chi connectivity index (χ4n) is 2.29. The summed E-state index contributed by atoms with van der Waals surface area (Å²) in [7, 11) is 0. The van der Waals surface area contributed by atoms with Crippen LogP contribution in [0.5, 0.6) is 0 Å². The maximum atomic E-state index is 13.0. The van der Waals surface area contributed by atoms with Gasteiger partial charge in [-0.3, -0.25) is 9.36 Å². The Kier molecular flexibility index (Phi) is 4.44. The summed E-state index contributed by atoms with van der Waals surface area (Å²) >= 11 is 8.70. The predicted octanol–water partition coefficient (Wildman–Crippen LogP) is 4.33. The molecule has 0 saturated heterocycles. The fraction of sp³-hybridized carbons (Fsp3) is 0.188. The summed E-state index contributed by atoms with van der Waals surface area (Å²) in [5, 5.41) is 10.6. The maximum Gasteiger partial charge on any atom is 0.267 e. The highest BCUT2D eigenvalue weighted by Crippen LogP contribution is 2.29. The lowest BCUT2D eigenvalue weighted by atomic mass is 10.2. The molecule has 0 aliphatic carbocycles. The van der Waals surface area contributed by atoms with Crippen molar-refractivity contribution in [1.82, 2.24) is 9.55 Å². The number of nitrogens with zero attached hydrogens (tertiary/aromatic N) is 3. The molecule has 0 saturated carbocycles. The van der Waals surface area contributed by atoms with Gasteiger partial charge in [0.15, 0.2) is 5.16 Å². The molecule has 0 aliphatic rings. The fourth-order valence-corrected chi connectivity index (χ4v) is 4.16. The Morgan fingerprint density at radius 3 is 2.70 bits per heavy atom. The van der Waals surface area contributed by atoms with Gasteiger partial charge in [0.1, 0.15) is 4.83 Å². The molecule has 23 heavy (non-hydrogen) atoms. The van der Waals surface area contributed by atoms with E-state index in [1.165, 1.54) is 23.1 Å². The number of thioether (sulfide) groups is 1. The molecule has 0 aliphatic heterocycles. The largest absolute Gasteiger partial charge is 0.268 e. The number of rotatable bonds is 3. The van der Waals surface area contributed by atoms with Gasteiger partial charge >= 0.3 is 0 Å². The number of fused-ring (bicyclic) bond motifs is 1. The standard InChI is InChI=1S/C16H12ClN3OS2/c1-9-10(2)23-14-13(9)15(21)20(16(19-14)22-8-7-18)12-5-3-11(17)4-6-12/h3-6H,8H2,1-2H3. The number of aromatic nitrogens is 2. The average molecular weight is 362 g/mol. The van der Waals surface area contributed by atoms with E-state index in [0.717, 1.165) is 15.3 Å². The molecule has 3 rings (SSSR count). The molecule has 0 bridgehead atoms. The number of benzene rings is 1. The molecule has 3 aromatic rings. The Morgan fingerprint density at radius 2 is 2.04 bits per heavy atom. The zero-order valence-corrected chi connectivity index (χ0v) is 14.8. The quantitative estimate of drug-likeness (QED) is 0.514. The Bertz CT molecular complexity index is 984. The van der Waals surface area contributed by atoms with Gasteiger partial charge in [0.2, 0.25) is 0 Å². The van der Waals surface area contributed by atoms with E-state index in [-0.39, 0.29) is 11.3 Å². The number of hydrogen-bond acceptors (Lipinski definition) is 5. The van der Waals surface area contributed by atoms with Gasteiger partial charge in [-0.1, -0.05) is 23.4 Å². The monoisotopic (exact) mass is 361 g/mol. The lowest BCUT2D eigenvalue weighted by molar-refractivity contribution is 0.823. The van der Waals surface area contributed by atoms with Crippen molar-refractivity contribution in [1.29, 1.82) is 5.26 Å². The second kappa shape index (κ2) is 6.36. The molecule has 116 valence electrons. The number of hydrogen-bond donors (Lipinski definition) is 0. The molecular formula is C16H12ClN3OS2. The van der Waals surface area contributed by atoms with Crippen molar-refractivity contribution in [2.75, 3.05) is 5.75 Å². The molecule has 0 spiro atoms. The molecule has 0 unspecified atom stereocenters. The molecular weight excluding hydrogens is 350 g/mol. The molecule has 2 heterocycles. The normalized spacial score (nSPS) is 10.9. The highest BCUT2D eigenvalue weighted by atomic mass is 35.5. The van der Waals surface area contributed by atoms with Crippen LogP contribution in [0.15, 0.2) is 34.2 Å². The smallest absolute Gasteiger partial charge is 0.267 e. The Balaban J connectivity index is 2.34. The molecule has 0 N–H and O–H groups in total. The van der Waals surface area contributed by atoms with Gasteiger partial charge in [-0.2, -0.15) is 5.26 Å². The van der Waals surface area contributed by atoms with Crippen molar-refractivity contribution in [3.8, 4) is 11.8 Å². The van der Waals surface area contributed by atoms with Crippen LogP contribution in [0.1, 0.15) is 10.4 Å². The third kappa shape index (κ3) is 2.88. The second-order valence-corrected chi connectivity index (χ2v) is 7.50. The van der Waals surface area contributed by atoms with E-state index < -0.39 is 0 Å². The van der Waals surface area contributed by atoms with Crippen LogP contribution in [0.3, 0.4) is 0 Å².